The molecule has 0 saturated carbocycles. The van der Waals surface area contributed by atoms with E-state index in [1.165, 1.54) is 0 Å². The van der Waals surface area contributed by atoms with Crippen LogP contribution in [-0.2, 0) is 4.79 Å². The number of ether oxygens (including phenoxy) is 1. The quantitative estimate of drug-likeness (QED) is 0.761. The molecule has 5 heteroatoms. The van der Waals surface area contributed by atoms with Crippen molar-refractivity contribution in [1.29, 1.82) is 0 Å². The highest BCUT2D eigenvalue weighted by molar-refractivity contribution is 9.10. The molecule has 0 bridgehead atoms. The second-order valence-electron chi connectivity index (χ2n) is 3.91. The number of carbonyl (C=O) groups is 1. The third-order valence-electron chi connectivity index (χ3n) is 2.46. The summed E-state index contributed by atoms with van der Waals surface area (Å²) in [5.74, 6) is 0.747. The number of hydrogen-bond acceptors (Lipinski definition) is 3. The van der Waals surface area contributed by atoms with E-state index < -0.39 is 0 Å². The Labute approximate surface area is 116 Å². The molecule has 0 aromatic heterocycles. The molecule has 0 radical (unpaired) electrons. The molecular formula is C13H19BrN2O2. The molecule has 0 spiro atoms. The molecule has 1 aromatic rings. The molecule has 0 heterocycles. The second kappa shape index (κ2) is 7.97. The minimum absolute atomic E-state index is 0.00494. The molecule has 1 aromatic carbocycles. The zero-order valence-corrected chi connectivity index (χ0v) is 12.3. The summed E-state index contributed by atoms with van der Waals surface area (Å²) < 4.78 is 6.08. The van der Waals surface area contributed by atoms with E-state index in [2.05, 4.69) is 33.5 Å². The Bertz CT molecular complexity index is 397. The first-order valence-corrected chi connectivity index (χ1v) is 6.80. The lowest BCUT2D eigenvalue weighted by atomic mass is 10.3. The van der Waals surface area contributed by atoms with Crippen LogP contribution >= 0.6 is 15.9 Å². The minimum atomic E-state index is 0.00494. The third-order valence-corrected chi connectivity index (χ3v) is 3.11. The molecule has 1 rings (SSSR count). The van der Waals surface area contributed by atoms with Gasteiger partial charge in [-0.15, -0.1) is 0 Å². The lowest BCUT2D eigenvalue weighted by Gasteiger charge is -2.09. The first-order valence-electron chi connectivity index (χ1n) is 6.01. The highest BCUT2D eigenvalue weighted by atomic mass is 79.9. The Hall–Kier alpha value is -1.23. The summed E-state index contributed by atoms with van der Waals surface area (Å²) in [5.41, 5.74) is 0.862. The Kier molecular flexibility index (Phi) is 6.57. The summed E-state index contributed by atoms with van der Waals surface area (Å²) in [6.07, 6.45) is 2.09. The van der Waals surface area contributed by atoms with Crippen molar-refractivity contribution < 1.29 is 9.53 Å². The van der Waals surface area contributed by atoms with Crippen molar-refractivity contribution in [2.75, 3.05) is 25.5 Å². The van der Waals surface area contributed by atoms with Gasteiger partial charge >= 0.3 is 0 Å². The maximum Gasteiger partial charge on any atom is 0.239 e. The predicted molar refractivity (Wildman–Crippen MR) is 77.1 cm³/mol. The molecule has 18 heavy (non-hydrogen) atoms. The Balaban J connectivity index is 2.41. The fourth-order valence-corrected chi connectivity index (χ4v) is 1.83. The number of rotatable bonds is 7. The Morgan fingerprint density at radius 2 is 2.22 bits per heavy atom. The number of carbonyl (C=O) groups excluding carboxylic acids is 1. The van der Waals surface area contributed by atoms with Gasteiger partial charge in [-0.25, -0.2) is 0 Å². The number of halogens is 1. The van der Waals surface area contributed by atoms with E-state index in [4.69, 9.17) is 4.74 Å². The molecule has 0 aliphatic heterocycles. The van der Waals surface area contributed by atoms with Crippen LogP contribution < -0.4 is 15.4 Å². The lowest BCUT2D eigenvalue weighted by molar-refractivity contribution is -0.119. The Morgan fingerprint density at radius 3 is 2.89 bits per heavy atom. The fraction of sp³-hybridized carbons (Fsp3) is 0.462. The summed E-state index contributed by atoms with van der Waals surface area (Å²) in [6.45, 7) is 3.10. The van der Waals surface area contributed by atoms with Crippen molar-refractivity contribution in [1.82, 2.24) is 5.32 Å². The molecular weight excluding hydrogens is 296 g/mol. The maximum absolute atomic E-state index is 11.5. The van der Waals surface area contributed by atoms with Gasteiger partial charge in [0.1, 0.15) is 5.75 Å². The minimum Gasteiger partial charge on any atom is -0.495 e. The molecule has 0 aliphatic carbocycles. The standard InChI is InChI=1S/C13H19BrN2O2/c1-3-4-7-15-13(17)9-16-10-5-6-11(14)12(8-10)18-2/h5-6,8,16H,3-4,7,9H2,1-2H3,(H,15,17). The van der Waals surface area contributed by atoms with Gasteiger partial charge in [-0.05, 0) is 34.5 Å². The normalized spacial score (nSPS) is 9.94. The van der Waals surface area contributed by atoms with Crippen LogP contribution in [0.3, 0.4) is 0 Å². The molecule has 0 atom stereocenters. The molecule has 0 saturated heterocycles. The number of anilines is 1. The Morgan fingerprint density at radius 1 is 1.44 bits per heavy atom. The van der Waals surface area contributed by atoms with E-state index >= 15 is 0 Å². The van der Waals surface area contributed by atoms with Crippen LogP contribution in [0, 0.1) is 0 Å². The third kappa shape index (κ3) is 4.96. The summed E-state index contributed by atoms with van der Waals surface area (Å²) in [5, 5.41) is 5.91. The average Bonchev–Trinajstić information content (AvgIpc) is 2.38. The highest BCUT2D eigenvalue weighted by Gasteiger charge is 2.03. The first kappa shape index (κ1) is 14.8. The lowest BCUT2D eigenvalue weighted by Crippen LogP contribution is -2.30. The molecule has 0 fully saturated rings. The average molecular weight is 315 g/mol. The fourth-order valence-electron chi connectivity index (χ4n) is 1.42. The van der Waals surface area contributed by atoms with E-state index in [0.29, 0.717) is 0 Å². The van der Waals surface area contributed by atoms with Gasteiger partial charge in [0.15, 0.2) is 0 Å². The van der Waals surface area contributed by atoms with E-state index in [-0.39, 0.29) is 12.5 Å². The van der Waals surface area contributed by atoms with Gasteiger partial charge in [0.2, 0.25) is 5.91 Å². The van der Waals surface area contributed by atoms with Crippen molar-refractivity contribution in [3.8, 4) is 5.75 Å². The van der Waals surface area contributed by atoms with Crippen molar-refractivity contribution in [3.05, 3.63) is 22.7 Å². The zero-order valence-electron chi connectivity index (χ0n) is 10.8. The van der Waals surface area contributed by atoms with E-state index in [1.54, 1.807) is 7.11 Å². The van der Waals surface area contributed by atoms with Crippen molar-refractivity contribution in [2.24, 2.45) is 0 Å². The number of methoxy groups -OCH3 is 1. The molecule has 0 unspecified atom stereocenters. The van der Waals surface area contributed by atoms with Crippen molar-refractivity contribution in [2.45, 2.75) is 19.8 Å². The maximum atomic E-state index is 11.5. The van der Waals surface area contributed by atoms with Gasteiger partial charge in [0, 0.05) is 18.3 Å². The predicted octanol–water partition coefficient (Wildman–Crippen LogP) is 2.79. The van der Waals surface area contributed by atoms with Crippen LogP contribution in [0.4, 0.5) is 5.69 Å². The van der Waals surface area contributed by atoms with Crippen LogP contribution in [0.25, 0.3) is 0 Å². The van der Waals surface area contributed by atoms with Crippen LogP contribution in [0.5, 0.6) is 5.75 Å². The summed E-state index contributed by atoms with van der Waals surface area (Å²) in [6, 6.07) is 5.63. The second-order valence-corrected chi connectivity index (χ2v) is 4.76. The topological polar surface area (TPSA) is 50.4 Å². The highest BCUT2D eigenvalue weighted by Crippen LogP contribution is 2.27. The summed E-state index contributed by atoms with van der Waals surface area (Å²) in [7, 11) is 1.61. The van der Waals surface area contributed by atoms with Gasteiger partial charge in [0.25, 0.3) is 0 Å². The van der Waals surface area contributed by atoms with Gasteiger partial charge in [-0.1, -0.05) is 13.3 Å². The number of amides is 1. The monoisotopic (exact) mass is 314 g/mol. The van der Waals surface area contributed by atoms with Gasteiger partial charge < -0.3 is 15.4 Å². The molecule has 0 aliphatic rings. The SMILES string of the molecule is CCCCNC(=O)CNc1ccc(Br)c(OC)c1. The van der Waals surface area contributed by atoms with Crippen LogP contribution in [0.1, 0.15) is 19.8 Å². The molecule has 4 nitrogen and oxygen atoms in total. The van der Waals surface area contributed by atoms with Gasteiger partial charge in [-0.2, -0.15) is 0 Å². The summed E-state index contributed by atoms with van der Waals surface area (Å²) >= 11 is 3.38. The van der Waals surface area contributed by atoms with Crippen molar-refractivity contribution in [3.63, 3.8) is 0 Å². The summed E-state index contributed by atoms with van der Waals surface area (Å²) in [4.78, 5) is 11.5. The molecule has 1 amide bonds. The zero-order chi connectivity index (χ0) is 13.4. The van der Waals surface area contributed by atoms with Crippen LogP contribution in [0.2, 0.25) is 0 Å². The van der Waals surface area contributed by atoms with Gasteiger partial charge in [0.05, 0.1) is 18.1 Å². The largest absolute Gasteiger partial charge is 0.495 e. The number of unbranched alkanes of at least 4 members (excludes halogenated alkanes) is 1. The number of benzene rings is 1. The van der Waals surface area contributed by atoms with Crippen LogP contribution in [-0.4, -0.2) is 26.1 Å². The van der Waals surface area contributed by atoms with Crippen molar-refractivity contribution >= 4 is 27.5 Å². The van der Waals surface area contributed by atoms with Gasteiger partial charge in [-0.3, -0.25) is 4.79 Å². The number of hydrogen-bond donors (Lipinski definition) is 2. The smallest absolute Gasteiger partial charge is 0.239 e. The first-order chi connectivity index (χ1) is 8.67. The molecule has 100 valence electrons. The molecule has 2 N–H and O–H groups in total. The number of nitrogens with one attached hydrogen (secondary N) is 2. The van der Waals surface area contributed by atoms with E-state index in [1.807, 2.05) is 18.2 Å². The van der Waals surface area contributed by atoms with E-state index in [9.17, 15) is 4.79 Å². The van der Waals surface area contributed by atoms with E-state index in [0.717, 1.165) is 35.3 Å². The van der Waals surface area contributed by atoms with Crippen LogP contribution in [0.15, 0.2) is 22.7 Å².